The summed E-state index contributed by atoms with van der Waals surface area (Å²) in [5.74, 6) is 1.79. The fourth-order valence-electron chi connectivity index (χ4n) is 3.34. The quantitative estimate of drug-likeness (QED) is 0.436. The van der Waals surface area contributed by atoms with Crippen LogP contribution in [0.25, 0.3) is 0 Å². The van der Waals surface area contributed by atoms with E-state index in [0.717, 1.165) is 37.0 Å². The van der Waals surface area contributed by atoms with Crippen molar-refractivity contribution in [2.45, 2.75) is 78.2 Å². The lowest BCUT2D eigenvalue weighted by Crippen LogP contribution is -2.30. The van der Waals surface area contributed by atoms with Crippen molar-refractivity contribution in [1.82, 2.24) is 0 Å². The molecule has 1 aliphatic heterocycles. The molecular formula is C21H32O2. The van der Waals surface area contributed by atoms with Gasteiger partial charge in [0, 0.05) is 6.42 Å². The van der Waals surface area contributed by atoms with Crippen molar-refractivity contribution in [2.24, 2.45) is 5.92 Å². The van der Waals surface area contributed by atoms with Gasteiger partial charge in [-0.25, -0.2) is 0 Å². The Morgan fingerprint density at radius 1 is 1.39 bits per heavy atom. The van der Waals surface area contributed by atoms with Crippen LogP contribution in [-0.4, -0.2) is 10.7 Å². The van der Waals surface area contributed by atoms with Gasteiger partial charge in [-0.15, -0.1) is 0 Å². The lowest BCUT2D eigenvalue weighted by molar-refractivity contribution is 0.0386. The van der Waals surface area contributed by atoms with E-state index in [1.54, 1.807) is 0 Å². The van der Waals surface area contributed by atoms with E-state index < -0.39 is 0 Å². The monoisotopic (exact) mass is 316 g/mol. The second-order valence-electron chi connectivity index (χ2n) is 7.42. The highest BCUT2D eigenvalue weighted by Crippen LogP contribution is 2.39. The first-order valence-electron chi connectivity index (χ1n) is 9.09. The van der Waals surface area contributed by atoms with E-state index in [0.29, 0.717) is 11.7 Å². The van der Waals surface area contributed by atoms with Crippen LogP contribution in [0.2, 0.25) is 0 Å². The maximum absolute atomic E-state index is 10.3. The van der Waals surface area contributed by atoms with E-state index in [9.17, 15) is 5.11 Å². The second kappa shape index (κ2) is 7.90. The Hall–Kier alpha value is -1.44. The highest BCUT2D eigenvalue weighted by atomic mass is 16.5. The summed E-state index contributed by atoms with van der Waals surface area (Å²) in [4.78, 5) is 0. The van der Waals surface area contributed by atoms with Crippen LogP contribution < -0.4 is 0 Å². The van der Waals surface area contributed by atoms with Crippen molar-refractivity contribution in [3.63, 3.8) is 0 Å². The summed E-state index contributed by atoms with van der Waals surface area (Å²) in [6.07, 6.45) is 16.2. The number of aliphatic hydroxyl groups excluding tert-OH is 1. The summed E-state index contributed by atoms with van der Waals surface area (Å²) in [5.41, 5.74) is 1.98. The van der Waals surface area contributed by atoms with E-state index in [1.165, 1.54) is 24.8 Å². The number of unbranched alkanes of at least 4 members (excludes halogenated alkanes) is 2. The van der Waals surface area contributed by atoms with Crippen LogP contribution in [0.5, 0.6) is 0 Å². The van der Waals surface area contributed by atoms with Gasteiger partial charge in [-0.3, -0.25) is 0 Å². The van der Waals surface area contributed by atoms with Gasteiger partial charge in [0.1, 0.15) is 17.1 Å². The maximum Gasteiger partial charge on any atom is 0.124 e. The first-order chi connectivity index (χ1) is 10.9. The lowest BCUT2D eigenvalue weighted by atomic mass is 9.86. The fourth-order valence-corrected chi connectivity index (χ4v) is 3.34. The van der Waals surface area contributed by atoms with E-state index in [4.69, 9.17) is 4.74 Å². The molecule has 0 radical (unpaired) electrons. The van der Waals surface area contributed by atoms with Gasteiger partial charge in [0.25, 0.3) is 0 Å². The molecule has 2 heteroatoms. The molecule has 0 aromatic heterocycles. The Labute approximate surface area is 141 Å². The van der Waals surface area contributed by atoms with Crippen molar-refractivity contribution < 1.29 is 9.84 Å². The number of allylic oxidation sites excluding steroid dienone is 5. The van der Waals surface area contributed by atoms with Crippen LogP contribution in [-0.2, 0) is 4.74 Å². The Morgan fingerprint density at radius 3 is 2.87 bits per heavy atom. The van der Waals surface area contributed by atoms with Crippen molar-refractivity contribution >= 4 is 0 Å². The van der Waals surface area contributed by atoms with Crippen molar-refractivity contribution in [3.8, 4) is 0 Å². The van der Waals surface area contributed by atoms with Crippen molar-refractivity contribution in [2.75, 3.05) is 0 Å². The molecule has 1 aliphatic carbocycles. The van der Waals surface area contributed by atoms with Gasteiger partial charge in [-0.05, 0) is 64.2 Å². The molecule has 2 rings (SSSR count). The molecule has 0 saturated carbocycles. The predicted octanol–water partition coefficient (Wildman–Crippen LogP) is 6.37. The normalized spacial score (nSPS) is 26.4. The van der Waals surface area contributed by atoms with Gasteiger partial charge < -0.3 is 9.84 Å². The molecular weight excluding hydrogens is 284 g/mol. The third-order valence-corrected chi connectivity index (χ3v) is 4.75. The number of hydrogen-bond acceptors (Lipinski definition) is 2. The topological polar surface area (TPSA) is 29.5 Å². The van der Waals surface area contributed by atoms with Crippen LogP contribution in [0.15, 0.2) is 47.0 Å². The fraction of sp³-hybridized carbons (Fsp3) is 0.619. The van der Waals surface area contributed by atoms with Gasteiger partial charge in [0.2, 0.25) is 0 Å². The zero-order valence-corrected chi connectivity index (χ0v) is 15.2. The molecule has 0 aromatic carbocycles. The molecule has 128 valence electrons. The standard InChI is InChI=1S/C21H32O2/c1-5-6-7-10-17-14-19(22)18-11-13-21(4,23-20(18)15-17)12-8-9-16(2)3/h9,11,13-14,17,22H,5-8,10,12,15H2,1-4H3. The Bertz CT molecular complexity index is 532. The third-order valence-electron chi connectivity index (χ3n) is 4.75. The summed E-state index contributed by atoms with van der Waals surface area (Å²) in [6.45, 7) is 8.63. The van der Waals surface area contributed by atoms with Gasteiger partial charge in [-0.2, -0.15) is 0 Å². The third kappa shape index (κ3) is 5.02. The minimum atomic E-state index is -0.254. The first kappa shape index (κ1) is 17.9. The molecule has 2 nitrogen and oxygen atoms in total. The highest BCUT2D eigenvalue weighted by molar-refractivity contribution is 5.44. The zero-order valence-electron chi connectivity index (χ0n) is 15.2. The molecule has 23 heavy (non-hydrogen) atoms. The molecule has 0 bridgehead atoms. The van der Waals surface area contributed by atoms with E-state index in [2.05, 4.69) is 45.9 Å². The van der Waals surface area contributed by atoms with E-state index in [1.807, 2.05) is 6.08 Å². The zero-order chi connectivity index (χ0) is 16.9. The SMILES string of the molecule is CCCCCC1C=C(O)C2=C(C1)OC(C)(CCC=C(C)C)C=C2. The van der Waals surface area contributed by atoms with Crippen LogP contribution in [0.3, 0.4) is 0 Å². The van der Waals surface area contributed by atoms with E-state index >= 15 is 0 Å². The van der Waals surface area contributed by atoms with Crippen molar-refractivity contribution in [3.05, 3.63) is 47.0 Å². The molecule has 2 unspecified atom stereocenters. The molecule has 0 spiro atoms. The Balaban J connectivity index is 2.00. The average Bonchev–Trinajstić information content (AvgIpc) is 2.46. The summed E-state index contributed by atoms with van der Waals surface area (Å²) < 4.78 is 6.33. The number of aliphatic hydroxyl groups is 1. The molecule has 2 aliphatic rings. The number of rotatable bonds is 7. The van der Waals surface area contributed by atoms with E-state index in [-0.39, 0.29) is 5.60 Å². The largest absolute Gasteiger partial charge is 0.508 e. The average molecular weight is 316 g/mol. The molecule has 0 amide bonds. The minimum absolute atomic E-state index is 0.254. The van der Waals surface area contributed by atoms with Crippen LogP contribution in [0, 0.1) is 5.92 Å². The summed E-state index contributed by atoms with van der Waals surface area (Å²) in [7, 11) is 0. The molecule has 0 fully saturated rings. The van der Waals surface area contributed by atoms with Crippen LogP contribution in [0.4, 0.5) is 0 Å². The Kier molecular flexibility index (Phi) is 6.15. The smallest absolute Gasteiger partial charge is 0.124 e. The molecule has 2 atom stereocenters. The van der Waals surface area contributed by atoms with Crippen molar-refractivity contribution in [1.29, 1.82) is 0 Å². The van der Waals surface area contributed by atoms with Gasteiger partial charge in [0.05, 0.1) is 5.57 Å². The second-order valence-corrected chi connectivity index (χ2v) is 7.42. The van der Waals surface area contributed by atoms with Gasteiger partial charge in [0.15, 0.2) is 0 Å². The summed E-state index contributed by atoms with van der Waals surface area (Å²) in [6, 6.07) is 0. The van der Waals surface area contributed by atoms with Crippen LogP contribution in [0.1, 0.15) is 72.6 Å². The van der Waals surface area contributed by atoms with Crippen LogP contribution >= 0.6 is 0 Å². The number of ether oxygens (including phenoxy) is 1. The molecule has 0 saturated heterocycles. The van der Waals surface area contributed by atoms with Gasteiger partial charge >= 0.3 is 0 Å². The first-order valence-corrected chi connectivity index (χ1v) is 9.09. The highest BCUT2D eigenvalue weighted by Gasteiger charge is 2.32. The lowest BCUT2D eigenvalue weighted by Gasteiger charge is -2.36. The predicted molar refractivity (Wildman–Crippen MR) is 97.3 cm³/mol. The summed E-state index contributed by atoms with van der Waals surface area (Å²) >= 11 is 0. The maximum atomic E-state index is 10.3. The number of hydrogen-bond donors (Lipinski definition) is 1. The Morgan fingerprint density at radius 2 is 2.17 bits per heavy atom. The molecule has 0 aromatic rings. The minimum Gasteiger partial charge on any atom is -0.508 e. The van der Waals surface area contributed by atoms with Gasteiger partial charge in [-0.1, -0.05) is 37.8 Å². The summed E-state index contributed by atoms with van der Waals surface area (Å²) in [5, 5.41) is 10.3. The molecule has 1 N–H and O–H groups in total. The molecule has 1 heterocycles.